The minimum absolute atomic E-state index is 0.0700. The van der Waals surface area contributed by atoms with Crippen LogP contribution in [0, 0.1) is 0 Å². The number of aliphatic hydroxyl groups excluding tert-OH is 1. The van der Waals surface area contributed by atoms with Crippen molar-refractivity contribution < 1.29 is 15.0 Å². The molecule has 1 amide bonds. The summed E-state index contributed by atoms with van der Waals surface area (Å²) in [5, 5.41) is 21.6. The average Bonchev–Trinajstić information content (AvgIpc) is 2.97. The predicted molar refractivity (Wildman–Crippen MR) is 101 cm³/mol. The van der Waals surface area contributed by atoms with E-state index in [1.807, 2.05) is 12.1 Å². The molecule has 26 heavy (non-hydrogen) atoms. The van der Waals surface area contributed by atoms with Crippen molar-refractivity contribution in [2.75, 3.05) is 13.2 Å². The highest BCUT2D eigenvalue weighted by Crippen LogP contribution is 2.36. The van der Waals surface area contributed by atoms with Crippen molar-refractivity contribution in [2.24, 2.45) is 0 Å². The molecule has 1 atom stereocenters. The zero-order valence-corrected chi connectivity index (χ0v) is 15.2. The lowest BCUT2D eigenvalue weighted by Crippen LogP contribution is -2.41. The number of nitrogens with one attached hydrogen (secondary N) is 1. The Morgan fingerprint density at radius 2 is 2.00 bits per heavy atom. The minimum atomic E-state index is -0.501. The van der Waals surface area contributed by atoms with E-state index in [1.165, 1.54) is 18.2 Å². The summed E-state index contributed by atoms with van der Waals surface area (Å²) in [5.41, 5.74) is 3.10. The van der Waals surface area contributed by atoms with Crippen LogP contribution in [0.15, 0.2) is 36.4 Å². The number of H-pyrrole nitrogens is 1. The van der Waals surface area contributed by atoms with Crippen molar-refractivity contribution in [1.29, 1.82) is 0 Å². The number of carbonyl (C=O) groups is 1. The van der Waals surface area contributed by atoms with E-state index in [9.17, 15) is 15.0 Å². The van der Waals surface area contributed by atoms with Gasteiger partial charge in [-0.1, -0.05) is 23.2 Å². The number of halogens is 2. The summed E-state index contributed by atoms with van der Waals surface area (Å²) in [6.07, 6.45) is 0.643. The van der Waals surface area contributed by atoms with Gasteiger partial charge in [-0.05, 0) is 48.4 Å². The van der Waals surface area contributed by atoms with Crippen molar-refractivity contribution in [3.05, 3.63) is 63.3 Å². The number of aromatic hydroxyl groups is 1. The lowest BCUT2D eigenvalue weighted by Gasteiger charge is -2.35. The number of phenolic OH excluding ortho intramolecular Hbond substituents is 1. The smallest absolute Gasteiger partial charge is 0.254 e. The molecule has 0 fully saturated rings. The van der Waals surface area contributed by atoms with Crippen LogP contribution in [0.25, 0.3) is 10.9 Å². The third-order valence-electron chi connectivity index (χ3n) is 4.78. The highest BCUT2D eigenvalue weighted by Gasteiger charge is 2.33. The number of benzene rings is 2. The lowest BCUT2D eigenvalue weighted by molar-refractivity contribution is 0.0562. The third kappa shape index (κ3) is 2.82. The molecule has 3 N–H and O–H groups in total. The Hall–Kier alpha value is -2.21. The van der Waals surface area contributed by atoms with Crippen LogP contribution in [-0.4, -0.2) is 39.2 Å². The van der Waals surface area contributed by atoms with Crippen molar-refractivity contribution in [2.45, 2.75) is 12.5 Å². The number of nitrogens with zero attached hydrogens (tertiary/aromatic N) is 1. The van der Waals surface area contributed by atoms with Crippen molar-refractivity contribution >= 4 is 40.0 Å². The average molecular weight is 391 g/mol. The monoisotopic (exact) mass is 390 g/mol. The van der Waals surface area contributed by atoms with E-state index in [0.29, 0.717) is 18.0 Å². The van der Waals surface area contributed by atoms with Gasteiger partial charge in [-0.15, -0.1) is 0 Å². The summed E-state index contributed by atoms with van der Waals surface area (Å²) in [4.78, 5) is 17.9. The van der Waals surface area contributed by atoms with Gasteiger partial charge in [-0.2, -0.15) is 0 Å². The first kappa shape index (κ1) is 17.2. The molecule has 0 spiro atoms. The fraction of sp³-hybridized carbons (Fsp3) is 0.211. The van der Waals surface area contributed by atoms with Gasteiger partial charge < -0.3 is 20.1 Å². The Morgan fingerprint density at radius 3 is 2.73 bits per heavy atom. The fourth-order valence-corrected chi connectivity index (χ4v) is 4.04. The summed E-state index contributed by atoms with van der Waals surface area (Å²) in [7, 11) is 0. The van der Waals surface area contributed by atoms with Gasteiger partial charge in [0.15, 0.2) is 0 Å². The molecule has 0 bridgehead atoms. The van der Waals surface area contributed by atoms with Crippen LogP contribution >= 0.6 is 23.2 Å². The van der Waals surface area contributed by atoms with E-state index in [4.69, 9.17) is 23.2 Å². The van der Waals surface area contributed by atoms with Crippen LogP contribution < -0.4 is 0 Å². The third-order valence-corrected chi connectivity index (χ3v) is 5.23. The Balaban J connectivity index is 1.76. The van der Waals surface area contributed by atoms with Crippen LogP contribution in [-0.2, 0) is 6.42 Å². The molecule has 0 radical (unpaired) electrons. The Bertz CT molecular complexity index is 995. The summed E-state index contributed by atoms with van der Waals surface area (Å²) in [5.74, 6) is -0.358. The number of hydrogen-bond acceptors (Lipinski definition) is 3. The molecule has 134 valence electrons. The predicted octanol–water partition coefficient (Wildman–Crippen LogP) is 3.91. The zero-order chi connectivity index (χ0) is 18.4. The van der Waals surface area contributed by atoms with Crippen molar-refractivity contribution in [3.8, 4) is 5.75 Å². The van der Waals surface area contributed by atoms with Crippen LogP contribution in [0.3, 0.4) is 0 Å². The highest BCUT2D eigenvalue weighted by atomic mass is 35.5. The molecule has 1 aromatic heterocycles. The molecule has 3 aromatic rings. The standard InChI is InChI=1S/C19H16Cl2N2O3/c20-11-1-2-16-15(8-11)14-3-4-23(17(9-24)18(14)22-16)19(26)10-5-12(21)7-13(25)6-10/h1-2,5-8,17,22,24-25H,3-4,9H2. The van der Waals surface area contributed by atoms with E-state index in [2.05, 4.69) is 4.98 Å². The number of hydrogen-bond donors (Lipinski definition) is 3. The topological polar surface area (TPSA) is 76.6 Å². The van der Waals surface area contributed by atoms with Crippen LogP contribution in [0.2, 0.25) is 10.0 Å². The number of aliphatic hydroxyl groups is 1. The number of rotatable bonds is 2. The molecule has 7 heteroatoms. The van der Waals surface area contributed by atoms with Crippen LogP contribution in [0.5, 0.6) is 5.75 Å². The SMILES string of the molecule is O=C(c1cc(O)cc(Cl)c1)N1CCc2c([nH]c3ccc(Cl)cc23)C1CO. The Kier molecular flexibility index (Phi) is 4.31. The maximum absolute atomic E-state index is 13.0. The number of aromatic amines is 1. The van der Waals surface area contributed by atoms with E-state index < -0.39 is 6.04 Å². The second kappa shape index (κ2) is 6.50. The quantitative estimate of drug-likeness (QED) is 0.620. The highest BCUT2D eigenvalue weighted by molar-refractivity contribution is 6.31. The Morgan fingerprint density at radius 1 is 1.19 bits per heavy atom. The van der Waals surface area contributed by atoms with E-state index in [0.717, 1.165) is 22.2 Å². The van der Waals surface area contributed by atoms with Gasteiger partial charge in [0.2, 0.25) is 0 Å². The molecular formula is C19H16Cl2N2O3. The molecule has 0 saturated carbocycles. The van der Waals surface area contributed by atoms with Gasteiger partial charge in [0.05, 0.1) is 12.6 Å². The van der Waals surface area contributed by atoms with Gasteiger partial charge in [0.25, 0.3) is 5.91 Å². The summed E-state index contributed by atoms with van der Waals surface area (Å²) in [6, 6.07) is 9.36. The number of carbonyl (C=O) groups excluding carboxylic acids is 1. The summed E-state index contributed by atoms with van der Waals surface area (Å²) in [6.45, 7) is 0.232. The first-order chi connectivity index (χ1) is 12.5. The molecular weight excluding hydrogens is 375 g/mol. The lowest BCUT2D eigenvalue weighted by atomic mass is 9.96. The second-order valence-corrected chi connectivity index (χ2v) is 7.23. The molecule has 1 aliphatic rings. The molecule has 2 aromatic carbocycles. The van der Waals surface area contributed by atoms with Gasteiger partial charge >= 0.3 is 0 Å². The first-order valence-electron chi connectivity index (χ1n) is 8.19. The molecule has 4 rings (SSSR count). The maximum atomic E-state index is 13.0. The van der Waals surface area contributed by atoms with E-state index in [1.54, 1.807) is 11.0 Å². The largest absolute Gasteiger partial charge is 0.508 e. The van der Waals surface area contributed by atoms with E-state index >= 15 is 0 Å². The second-order valence-electron chi connectivity index (χ2n) is 6.35. The van der Waals surface area contributed by atoms with Gasteiger partial charge in [-0.25, -0.2) is 0 Å². The molecule has 0 aliphatic carbocycles. The normalized spacial score (nSPS) is 16.7. The van der Waals surface area contributed by atoms with Crippen LogP contribution in [0.1, 0.15) is 27.7 Å². The van der Waals surface area contributed by atoms with E-state index in [-0.39, 0.29) is 28.8 Å². The number of phenols is 1. The molecule has 1 aliphatic heterocycles. The molecule has 2 heterocycles. The maximum Gasteiger partial charge on any atom is 0.254 e. The molecule has 1 unspecified atom stereocenters. The Labute approximate surface area is 159 Å². The fourth-order valence-electron chi connectivity index (χ4n) is 3.63. The number of amides is 1. The van der Waals surface area contributed by atoms with Gasteiger partial charge in [0.1, 0.15) is 5.75 Å². The zero-order valence-electron chi connectivity index (χ0n) is 13.7. The summed E-state index contributed by atoms with van der Waals surface area (Å²) < 4.78 is 0. The number of fused-ring (bicyclic) bond motifs is 3. The van der Waals surface area contributed by atoms with Crippen LogP contribution in [0.4, 0.5) is 0 Å². The minimum Gasteiger partial charge on any atom is -0.508 e. The number of aromatic nitrogens is 1. The summed E-state index contributed by atoms with van der Waals surface area (Å²) >= 11 is 12.1. The van der Waals surface area contributed by atoms with Gasteiger partial charge in [-0.3, -0.25) is 4.79 Å². The van der Waals surface area contributed by atoms with Crippen molar-refractivity contribution in [3.63, 3.8) is 0 Å². The van der Waals surface area contributed by atoms with Crippen molar-refractivity contribution in [1.82, 2.24) is 9.88 Å². The molecule has 0 saturated heterocycles. The first-order valence-corrected chi connectivity index (χ1v) is 8.95. The molecule has 5 nitrogen and oxygen atoms in total. The van der Waals surface area contributed by atoms with Gasteiger partial charge in [0, 0.05) is 38.8 Å².